The topological polar surface area (TPSA) is 58.1 Å². The second-order valence-corrected chi connectivity index (χ2v) is 6.06. The minimum atomic E-state index is 0.159. The first kappa shape index (κ1) is 14.2. The Hall–Kier alpha value is -1.79. The van der Waals surface area contributed by atoms with Gasteiger partial charge in [-0.15, -0.1) is 11.3 Å². The highest BCUT2D eigenvalue weighted by molar-refractivity contribution is 7.13. The molecule has 3 rings (SSSR count). The van der Waals surface area contributed by atoms with Gasteiger partial charge in [0.1, 0.15) is 5.01 Å². The third kappa shape index (κ3) is 3.28. The van der Waals surface area contributed by atoms with Gasteiger partial charge in [0.25, 0.3) is 0 Å². The van der Waals surface area contributed by atoms with Crippen LogP contribution >= 0.6 is 11.3 Å². The van der Waals surface area contributed by atoms with Crippen molar-refractivity contribution >= 4 is 17.2 Å². The molecule has 5 nitrogen and oxygen atoms in total. The molecule has 21 heavy (non-hydrogen) atoms. The Morgan fingerprint density at radius 1 is 1.57 bits per heavy atom. The van der Waals surface area contributed by atoms with Gasteiger partial charge in [-0.1, -0.05) is 0 Å². The van der Waals surface area contributed by atoms with Crippen molar-refractivity contribution in [2.45, 2.75) is 19.4 Å². The molecule has 1 fully saturated rings. The van der Waals surface area contributed by atoms with Gasteiger partial charge in [-0.2, -0.15) is 0 Å². The molecule has 1 amide bonds. The normalized spacial score (nSPS) is 18.7. The van der Waals surface area contributed by atoms with Crippen molar-refractivity contribution in [2.24, 2.45) is 0 Å². The zero-order valence-corrected chi connectivity index (χ0v) is 12.8. The molecule has 0 bridgehead atoms. The van der Waals surface area contributed by atoms with E-state index in [0.717, 1.165) is 35.9 Å². The number of hydrogen-bond donors (Lipinski definition) is 1. The summed E-state index contributed by atoms with van der Waals surface area (Å²) in [6.45, 7) is 4.59. The molecule has 1 aliphatic heterocycles. The summed E-state index contributed by atoms with van der Waals surface area (Å²) in [6.07, 6.45) is 3.91. The summed E-state index contributed by atoms with van der Waals surface area (Å²) in [5.41, 5.74) is 1.84. The van der Waals surface area contributed by atoms with Crippen molar-refractivity contribution in [3.63, 3.8) is 0 Å². The lowest BCUT2D eigenvalue weighted by Gasteiger charge is -2.33. The van der Waals surface area contributed by atoms with E-state index in [0.29, 0.717) is 6.42 Å². The predicted molar refractivity (Wildman–Crippen MR) is 83.1 cm³/mol. The summed E-state index contributed by atoms with van der Waals surface area (Å²) in [5.74, 6) is 0.159. The molecule has 1 aliphatic rings. The molecule has 0 unspecified atom stereocenters. The van der Waals surface area contributed by atoms with Crippen LogP contribution in [0.3, 0.4) is 0 Å². The third-order valence-corrected chi connectivity index (χ3v) is 4.55. The van der Waals surface area contributed by atoms with Gasteiger partial charge in [0, 0.05) is 49.0 Å². The second kappa shape index (κ2) is 6.32. The zero-order chi connectivity index (χ0) is 14.7. The number of nitrogens with one attached hydrogen (secondary N) is 1. The molecule has 110 valence electrons. The van der Waals surface area contributed by atoms with Gasteiger partial charge in [0.05, 0.1) is 12.1 Å². The van der Waals surface area contributed by atoms with Crippen LogP contribution in [-0.2, 0) is 11.2 Å². The van der Waals surface area contributed by atoms with Crippen LogP contribution in [0, 0.1) is 0 Å². The van der Waals surface area contributed by atoms with Gasteiger partial charge in [-0.05, 0) is 19.1 Å². The Labute approximate surface area is 128 Å². The molecule has 0 saturated carbocycles. The summed E-state index contributed by atoms with van der Waals surface area (Å²) in [5, 5.41) is 6.18. The molecule has 0 spiro atoms. The highest BCUT2D eigenvalue weighted by Gasteiger charge is 2.23. The predicted octanol–water partition coefficient (Wildman–Crippen LogP) is 1.57. The maximum Gasteiger partial charge on any atom is 0.228 e. The van der Waals surface area contributed by atoms with Gasteiger partial charge in [-0.25, -0.2) is 4.98 Å². The van der Waals surface area contributed by atoms with Crippen molar-refractivity contribution < 1.29 is 4.79 Å². The Morgan fingerprint density at radius 2 is 2.48 bits per heavy atom. The van der Waals surface area contributed by atoms with Crippen molar-refractivity contribution in [1.82, 2.24) is 20.2 Å². The lowest BCUT2D eigenvalue weighted by Crippen LogP contribution is -2.52. The number of nitrogens with zero attached hydrogens (tertiary/aromatic N) is 3. The molecule has 1 atom stereocenters. The van der Waals surface area contributed by atoms with Crippen LogP contribution in [0.4, 0.5) is 0 Å². The van der Waals surface area contributed by atoms with Crippen LogP contribution in [-0.4, -0.2) is 46.5 Å². The highest BCUT2D eigenvalue weighted by atomic mass is 32.1. The van der Waals surface area contributed by atoms with Crippen LogP contribution in [0.1, 0.15) is 12.6 Å². The van der Waals surface area contributed by atoms with Crippen LogP contribution in [0.5, 0.6) is 0 Å². The van der Waals surface area contributed by atoms with Gasteiger partial charge in [0.15, 0.2) is 0 Å². The quantitative estimate of drug-likeness (QED) is 0.935. The number of hydrogen-bond acceptors (Lipinski definition) is 5. The maximum atomic E-state index is 12.4. The molecule has 2 aromatic rings. The summed E-state index contributed by atoms with van der Waals surface area (Å²) >= 11 is 1.56. The van der Waals surface area contributed by atoms with Crippen LogP contribution < -0.4 is 5.32 Å². The number of piperazine rings is 1. The molecular weight excluding hydrogens is 284 g/mol. The van der Waals surface area contributed by atoms with E-state index < -0.39 is 0 Å². The molecule has 0 aliphatic carbocycles. The third-order valence-electron chi connectivity index (χ3n) is 3.61. The maximum absolute atomic E-state index is 12.4. The van der Waals surface area contributed by atoms with Crippen molar-refractivity contribution in [2.75, 3.05) is 19.6 Å². The standard InChI is InChI=1S/C15H18N4OS/c1-11-8-17-5-6-19(11)14(20)7-13-10-21-15(18-13)12-3-2-4-16-9-12/h2-4,9-11,17H,5-8H2,1H3/t11-/m1/s1. The molecule has 6 heteroatoms. The Kier molecular flexibility index (Phi) is 4.26. The highest BCUT2D eigenvalue weighted by Crippen LogP contribution is 2.23. The van der Waals surface area contributed by atoms with Gasteiger partial charge in [0.2, 0.25) is 5.91 Å². The van der Waals surface area contributed by atoms with Crippen molar-refractivity contribution in [3.05, 3.63) is 35.6 Å². The van der Waals surface area contributed by atoms with Gasteiger partial charge < -0.3 is 10.2 Å². The van der Waals surface area contributed by atoms with E-state index in [1.807, 2.05) is 22.4 Å². The summed E-state index contributed by atoms with van der Waals surface area (Å²) in [4.78, 5) is 23.0. The Morgan fingerprint density at radius 3 is 3.24 bits per heavy atom. The van der Waals surface area contributed by atoms with Crippen LogP contribution in [0.25, 0.3) is 10.6 Å². The fraction of sp³-hybridized carbons (Fsp3) is 0.400. The SMILES string of the molecule is C[C@@H]1CNCCN1C(=O)Cc1csc(-c2cccnc2)n1. The fourth-order valence-electron chi connectivity index (χ4n) is 2.48. The van der Waals surface area contributed by atoms with E-state index in [-0.39, 0.29) is 11.9 Å². The molecule has 0 radical (unpaired) electrons. The van der Waals surface area contributed by atoms with E-state index in [1.165, 1.54) is 0 Å². The van der Waals surface area contributed by atoms with Crippen LogP contribution in [0.15, 0.2) is 29.9 Å². The second-order valence-electron chi connectivity index (χ2n) is 5.20. The van der Waals surface area contributed by atoms with Gasteiger partial charge >= 0.3 is 0 Å². The average Bonchev–Trinajstić information content (AvgIpc) is 2.97. The van der Waals surface area contributed by atoms with E-state index in [9.17, 15) is 4.79 Å². The summed E-state index contributed by atoms with van der Waals surface area (Å²) in [7, 11) is 0. The minimum Gasteiger partial charge on any atom is -0.337 e. The Balaban J connectivity index is 1.68. The fourth-order valence-corrected chi connectivity index (χ4v) is 3.29. The Bertz CT molecular complexity index is 613. The van der Waals surface area contributed by atoms with Gasteiger partial charge in [-0.3, -0.25) is 9.78 Å². The first-order valence-corrected chi connectivity index (χ1v) is 7.97. The number of pyridine rings is 1. The number of aromatic nitrogens is 2. The first-order valence-electron chi connectivity index (χ1n) is 7.09. The minimum absolute atomic E-state index is 0.159. The largest absolute Gasteiger partial charge is 0.337 e. The zero-order valence-electron chi connectivity index (χ0n) is 12.0. The lowest BCUT2D eigenvalue weighted by molar-refractivity contribution is -0.133. The monoisotopic (exact) mass is 302 g/mol. The van der Waals surface area contributed by atoms with E-state index in [4.69, 9.17) is 0 Å². The summed E-state index contributed by atoms with van der Waals surface area (Å²) < 4.78 is 0. The number of carbonyl (C=O) groups is 1. The number of rotatable bonds is 3. The van der Waals surface area contributed by atoms with Crippen molar-refractivity contribution in [3.8, 4) is 10.6 Å². The van der Waals surface area contributed by atoms with E-state index in [1.54, 1.807) is 23.7 Å². The molecule has 1 N–H and O–H groups in total. The number of thiazole rings is 1. The molecule has 2 aromatic heterocycles. The lowest BCUT2D eigenvalue weighted by atomic mass is 10.2. The van der Waals surface area contributed by atoms with Crippen molar-refractivity contribution in [1.29, 1.82) is 0 Å². The molecule has 1 saturated heterocycles. The van der Waals surface area contributed by atoms with E-state index in [2.05, 4.69) is 22.2 Å². The van der Waals surface area contributed by atoms with E-state index >= 15 is 0 Å². The number of amides is 1. The average molecular weight is 302 g/mol. The molecule has 0 aromatic carbocycles. The number of carbonyl (C=O) groups excluding carboxylic acids is 1. The molecular formula is C15H18N4OS. The van der Waals surface area contributed by atoms with Crippen LogP contribution in [0.2, 0.25) is 0 Å². The summed E-state index contributed by atoms with van der Waals surface area (Å²) in [6, 6.07) is 4.13. The smallest absolute Gasteiger partial charge is 0.228 e. The molecule has 3 heterocycles. The first-order chi connectivity index (χ1) is 10.2.